The zero-order valence-electron chi connectivity index (χ0n) is 17.9. The molecular weight excluding hydrogens is 379 g/mol. The molecule has 0 aliphatic carbocycles. The summed E-state index contributed by atoms with van der Waals surface area (Å²) >= 11 is 0. The van der Waals surface area contributed by atoms with E-state index in [9.17, 15) is 4.39 Å². The van der Waals surface area contributed by atoms with Gasteiger partial charge in [0.15, 0.2) is 0 Å². The van der Waals surface area contributed by atoms with Crippen LogP contribution >= 0.6 is 0 Å². The van der Waals surface area contributed by atoms with Gasteiger partial charge in [-0.25, -0.2) is 9.37 Å². The van der Waals surface area contributed by atoms with E-state index in [2.05, 4.69) is 46.4 Å². The molecule has 6 nitrogen and oxygen atoms in total. The number of hydrogen-bond donors (Lipinski definition) is 1. The highest BCUT2D eigenvalue weighted by Gasteiger charge is 2.23. The van der Waals surface area contributed by atoms with Crippen molar-refractivity contribution in [3.63, 3.8) is 0 Å². The van der Waals surface area contributed by atoms with Crippen molar-refractivity contribution in [2.75, 3.05) is 18.4 Å². The SMILES string of the molecule is CCn1cc(CN2CCC(c3cc(Nc4ccc(F)cn4)cc(C)n3)CC2)c(C)n1. The summed E-state index contributed by atoms with van der Waals surface area (Å²) in [6.07, 6.45) is 5.57. The summed E-state index contributed by atoms with van der Waals surface area (Å²) < 4.78 is 15.1. The Morgan fingerprint density at radius 2 is 1.97 bits per heavy atom. The van der Waals surface area contributed by atoms with Crippen LogP contribution in [-0.2, 0) is 13.1 Å². The normalized spacial score (nSPS) is 15.5. The van der Waals surface area contributed by atoms with Crippen molar-refractivity contribution in [3.05, 3.63) is 65.1 Å². The molecular formula is C23H29FN6. The van der Waals surface area contributed by atoms with Gasteiger partial charge in [-0.1, -0.05) is 0 Å². The summed E-state index contributed by atoms with van der Waals surface area (Å²) in [6, 6.07) is 7.16. The zero-order valence-corrected chi connectivity index (χ0v) is 17.9. The summed E-state index contributed by atoms with van der Waals surface area (Å²) in [5.41, 5.74) is 5.49. The van der Waals surface area contributed by atoms with E-state index in [1.165, 1.54) is 17.8 Å². The highest BCUT2D eigenvalue weighted by molar-refractivity contribution is 5.57. The van der Waals surface area contributed by atoms with Gasteiger partial charge < -0.3 is 5.32 Å². The molecule has 0 bridgehead atoms. The van der Waals surface area contributed by atoms with Crippen LogP contribution in [-0.4, -0.2) is 37.7 Å². The average Bonchev–Trinajstić information content (AvgIpc) is 3.09. The Morgan fingerprint density at radius 3 is 2.63 bits per heavy atom. The standard InChI is InChI=1S/C23H29FN6/c1-4-30-15-19(17(3)28-30)14-29-9-7-18(8-10-29)22-12-21(11-16(2)26-22)27-23-6-5-20(24)13-25-23/h5-6,11-13,15,18H,4,7-10,14H2,1-3H3,(H,25,26,27). The van der Waals surface area contributed by atoms with E-state index >= 15 is 0 Å². The smallest absolute Gasteiger partial charge is 0.141 e. The number of halogens is 1. The van der Waals surface area contributed by atoms with Crippen molar-refractivity contribution in [2.45, 2.75) is 52.6 Å². The summed E-state index contributed by atoms with van der Waals surface area (Å²) in [5.74, 6) is 0.740. The van der Waals surface area contributed by atoms with Crippen LogP contribution in [0.15, 0.2) is 36.7 Å². The average molecular weight is 409 g/mol. The minimum Gasteiger partial charge on any atom is -0.340 e. The highest BCUT2D eigenvalue weighted by Crippen LogP contribution is 2.30. The fourth-order valence-corrected chi connectivity index (χ4v) is 4.08. The Balaban J connectivity index is 1.39. The van der Waals surface area contributed by atoms with Gasteiger partial charge in [-0.05, 0) is 71.0 Å². The van der Waals surface area contributed by atoms with Crippen LogP contribution in [0.4, 0.5) is 15.9 Å². The molecule has 30 heavy (non-hydrogen) atoms. The van der Waals surface area contributed by atoms with Crippen LogP contribution in [0, 0.1) is 19.7 Å². The van der Waals surface area contributed by atoms with Crippen molar-refractivity contribution in [1.29, 1.82) is 0 Å². The molecule has 0 amide bonds. The van der Waals surface area contributed by atoms with Crippen molar-refractivity contribution < 1.29 is 4.39 Å². The van der Waals surface area contributed by atoms with Crippen LogP contribution in [0.2, 0.25) is 0 Å². The van der Waals surface area contributed by atoms with Crippen molar-refractivity contribution in [3.8, 4) is 0 Å². The predicted octanol–water partition coefficient (Wildman–Crippen LogP) is 4.57. The minimum absolute atomic E-state index is 0.337. The molecule has 1 aliphatic rings. The molecule has 1 fully saturated rings. The molecule has 4 heterocycles. The lowest BCUT2D eigenvalue weighted by Crippen LogP contribution is -2.32. The van der Waals surface area contributed by atoms with Crippen LogP contribution < -0.4 is 5.32 Å². The minimum atomic E-state index is -0.337. The summed E-state index contributed by atoms with van der Waals surface area (Å²) in [6.45, 7) is 10.2. The second-order valence-electron chi connectivity index (χ2n) is 8.05. The van der Waals surface area contributed by atoms with Crippen LogP contribution in [0.3, 0.4) is 0 Å². The summed E-state index contributed by atoms with van der Waals surface area (Å²) in [4.78, 5) is 11.4. The van der Waals surface area contributed by atoms with E-state index in [1.54, 1.807) is 6.07 Å². The second kappa shape index (κ2) is 8.92. The van der Waals surface area contributed by atoms with E-state index in [0.717, 1.165) is 61.8 Å². The number of rotatable bonds is 6. The number of hydrogen-bond acceptors (Lipinski definition) is 5. The quantitative estimate of drug-likeness (QED) is 0.647. The molecule has 1 aliphatic heterocycles. The second-order valence-corrected chi connectivity index (χ2v) is 8.05. The Morgan fingerprint density at radius 1 is 1.17 bits per heavy atom. The topological polar surface area (TPSA) is 58.9 Å². The molecule has 4 rings (SSSR count). The van der Waals surface area contributed by atoms with Gasteiger partial charge in [0.25, 0.3) is 0 Å². The molecule has 0 radical (unpaired) electrons. The fourth-order valence-electron chi connectivity index (χ4n) is 4.08. The van der Waals surface area contributed by atoms with Gasteiger partial charge in [0.1, 0.15) is 11.6 Å². The monoisotopic (exact) mass is 408 g/mol. The van der Waals surface area contributed by atoms with Crippen LogP contribution in [0.5, 0.6) is 0 Å². The Labute approximate surface area is 177 Å². The highest BCUT2D eigenvalue weighted by atomic mass is 19.1. The van der Waals surface area contributed by atoms with Gasteiger partial charge >= 0.3 is 0 Å². The van der Waals surface area contributed by atoms with Crippen molar-refractivity contribution in [2.24, 2.45) is 0 Å². The molecule has 0 unspecified atom stereocenters. The lowest BCUT2D eigenvalue weighted by Gasteiger charge is -2.31. The molecule has 0 atom stereocenters. The fraction of sp³-hybridized carbons (Fsp3) is 0.435. The molecule has 3 aromatic rings. The summed E-state index contributed by atoms with van der Waals surface area (Å²) in [7, 11) is 0. The first-order valence-electron chi connectivity index (χ1n) is 10.6. The van der Waals surface area contributed by atoms with E-state index in [-0.39, 0.29) is 5.82 Å². The molecule has 1 saturated heterocycles. The molecule has 1 N–H and O–H groups in total. The molecule has 0 aromatic carbocycles. The Bertz CT molecular complexity index is 989. The van der Waals surface area contributed by atoms with Crippen LogP contribution in [0.1, 0.15) is 48.3 Å². The predicted molar refractivity (Wildman–Crippen MR) is 116 cm³/mol. The molecule has 7 heteroatoms. The van der Waals surface area contributed by atoms with Crippen LogP contribution in [0.25, 0.3) is 0 Å². The Kier molecular flexibility index (Phi) is 6.08. The third-order valence-corrected chi connectivity index (χ3v) is 5.74. The van der Waals surface area contributed by atoms with Gasteiger partial charge in [-0.2, -0.15) is 5.10 Å². The van der Waals surface area contributed by atoms with E-state index in [1.807, 2.05) is 17.7 Å². The first-order valence-corrected chi connectivity index (χ1v) is 10.6. The number of pyridine rings is 2. The molecule has 0 spiro atoms. The lowest BCUT2D eigenvalue weighted by molar-refractivity contribution is 0.203. The molecule has 0 saturated carbocycles. The first kappa shape index (κ1) is 20.5. The van der Waals surface area contributed by atoms with Gasteiger partial charge in [0, 0.05) is 47.8 Å². The maximum absolute atomic E-state index is 13.1. The third kappa shape index (κ3) is 4.84. The van der Waals surface area contributed by atoms with Crippen molar-refractivity contribution >= 4 is 11.5 Å². The van der Waals surface area contributed by atoms with E-state index < -0.39 is 0 Å². The largest absolute Gasteiger partial charge is 0.340 e. The number of nitrogens with one attached hydrogen (secondary N) is 1. The third-order valence-electron chi connectivity index (χ3n) is 5.74. The number of aryl methyl sites for hydroxylation is 3. The maximum Gasteiger partial charge on any atom is 0.141 e. The van der Waals surface area contributed by atoms with Gasteiger partial charge in [0.05, 0.1) is 11.9 Å². The molecule has 158 valence electrons. The first-order chi connectivity index (χ1) is 14.5. The maximum atomic E-state index is 13.1. The lowest BCUT2D eigenvalue weighted by atomic mass is 9.92. The van der Waals surface area contributed by atoms with E-state index in [0.29, 0.717) is 11.7 Å². The summed E-state index contributed by atoms with van der Waals surface area (Å²) in [5, 5.41) is 7.83. The zero-order chi connectivity index (χ0) is 21.1. The van der Waals surface area contributed by atoms with Gasteiger partial charge in [-0.3, -0.25) is 14.6 Å². The van der Waals surface area contributed by atoms with Gasteiger partial charge in [-0.15, -0.1) is 0 Å². The number of piperidine rings is 1. The number of likely N-dealkylation sites (tertiary alicyclic amines) is 1. The van der Waals surface area contributed by atoms with Crippen molar-refractivity contribution in [1.82, 2.24) is 24.6 Å². The van der Waals surface area contributed by atoms with Gasteiger partial charge in [0.2, 0.25) is 0 Å². The number of anilines is 2. The molecule has 3 aromatic heterocycles. The number of nitrogens with zero attached hydrogens (tertiary/aromatic N) is 5. The van der Waals surface area contributed by atoms with E-state index in [4.69, 9.17) is 4.98 Å². The number of aromatic nitrogens is 4. The Hall–Kier alpha value is -2.80.